The van der Waals surface area contributed by atoms with E-state index >= 15 is 0 Å². The molecule has 0 bridgehead atoms. The second-order valence-corrected chi connectivity index (χ2v) is 10.8. The molecule has 0 saturated heterocycles. The van der Waals surface area contributed by atoms with Gasteiger partial charge in [0.25, 0.3) is 0 Å². The van der Waals surface area contributed by atoms with E-state index in [2.05, 4.69) is 54.7 Å². The summed E-state index contributed by atoms with van der Waals surface area (Å²) in [5.41, 5.74) is -0.303. The number of nitrogens with zero attached hydrogens (tertiary/aromatic N) is 2. The van der Waals surface area contributed by atoms with Gasteiger partial charge in [-0.15, -0.1) is 13.2 Å². The SMILES string of the molecule is C=CC[Si](CC=C)(N(N)C(C)(C)C)N(N)C(C)(C)C. The highest BCUT2D eigenvalue weighted by Gasteiger charge is 2.49. The van der Waals surface area contributed by atoms with Gasteiger partial charge in [0.1, 0.15) is 0 Å². The molecule has 4 N–H and O–H groups in total. The van der Waals surface area contributed by atoms with Crippen LogP contribution >= 0.6 is 0 Å². The van der Waals surface area contributed by atoms with Gasteiger partial charge in [0, 0.05) is 11.1 Å². The molecule has 0 radical (unpaired) electrons. The molecule has 5 heteroatoms. The van der Waals surface area contributed by atoms with Crippen LogP contribution in [-0.2, 0) is 0 Å². The molecule has 0 spiro atoms. The van der Waals surface area contributed by atoms with Gasteiger partial charge in [-0.3, -0.25) is 11.7 Å². The summed E-state index contributed by atoms with van der Waals surface area (Å²) in [6.07, 6.45) is 3.85. The van der Waals surface area contributed by atoms with E-state index in [0.29, 0.717) is 0 Å². The van der Waals surface area contributed by atoms with Crippen LogP contribution in [-0.4, -0.2) is 28.8 Å². The van der Waals surface area contributed by atoms with Crippen LogP contribution in [0.4, 0.5) is 0 Å². The molecule has 0 saturated carbocycles. The lowest BCUT2D eigenvalue weighted by molar-refractivity contribution is 0.163. The van der Waals surface area contributed by atoms with Crippen LogP contribution in [0.15, 0.2) is 25.3 Å². The standard InChI is InChI=1S/C14H32N4Si/c1-9-11-19(12-10-2,17(15)13(3,4)5)18(16)14(6,7)8/h9-10H,1-2,11-12,15-16H2,3-8H3. The Morgan fingerprint density at radius 3 is 1.26 bits per heavy atom. The van der Waals surface area contributed by atoms with Crippen molar-refractivity contribution in [2.75, 3.05) is 0 Å². The molecule has 4 nitrogen and oxygen atoms in total. The first-order valence-electron chi connectivity index (χ1n) is 6.75. The van der Waals surface area contributed by atoms with Gasteiger partial charge >= 0.3 is 0 Å². The van der Waals surface area contributed by atoms with Crippen molar-refractivity contribution in [3.63, 3.8) is 0 Å². The summed E-state index contributed by atoms with van der Waals surface area (Å²) in [6, 6.07) is 1.61. The second-order valence-electron chi connectivity index (χ2n) is 7.05. The minimum atomic E-state index is -2.29. The van der Waals surface area contributed by atoms with Crippen molar-refractivity contribution in [2.24, 2.45) is 11.7 Å². The largest absolute Gasteiger partial charge is 0.273 e. The Balaban J connectivity index is 5.80. The molecular formula is C14H32N4Si. The molecule has 0 aliphatic rings. The lowest BCUT2D eigenvalue weighted by atomic mass is 10.1. The van der Waals surface area contributed by atoms with Crippen LogP contribution in [0.1, 0.15) is 41.5 Å². The molecule has 112 valence electrons. The fourth-order valence-corrected chi connectivity index (χ4v) is 6.91. The predicted octanol–water partition coefficient (Wildman–Crippen LogP) is 2.75. The van der Waals surface area contributed by atoms with E-state index in [1.807, 2.05) is 21.5 Å². The average molecular weight is 285 g/mol. The van der Waals surface area contributed by atoms with Crippen LogP contribution in [0.3, 0.4) is 0 Å². The summed E-state index contributed by atoms with van der Waals surface area (Å²) in [5.74, 6) is 13.0. The highest BCUT2D eigenvalue weighted by molar-refractivity contribution is 6.75. The third-order valence-corrected chi connectivity index (χ3v) is 8.31. The molecule has 0 fully saturated rings. The van der Waals surface area contributed by atoms with E-state index in [4.69, 9.17) is 11.7 Å². The highest BCUT2D eigenvalue weighted by atomic mass is 28.3. The van der Waals surface area contributed by atoms with E-state index < -0.39 is 8.40 Å². The lowest BCUT2D eigenvalue weighted by Crippen LogP contribution is -2.77. The Bertz CT molecular complexity index is 282. The molecule has 0 aromatic carbocycles. The van der Waals surface area contributed by atoms with E-state index in [1.165, 1.54) is 0 Å². The van der Waals surface area contributed by atoms with Gasteiger partial charge < -0.3 is 0 Å². The molecule has 19 heavy (non-hydrogen) atoms. The Labute approximate surface area is 120 Å². The van der Waals surface area contributed by atoms with Crippen molar-refractivity contribution in [3.8, 4) is 0 Å². The van der Waals surface area contributed by atoms with Crippen molar-refractivity contribution >= 4 is 8.40 Å². The number of hydrogen-bond acceptors (Lipinski definition) is 4. The number of hydrogen-bond donors (Lipinski definition) is 2. The number of hydrazine groups is 2. The van der Waals surface area contributed by atoms with Crippen molar-refractivity contribution in [1.82, 2.24) is 9.35 Å². The second kappa shape index (κ2) is 6.32. The zero-order valence-electron chi connectivity index (χ0n) is 13.5. The number of rotatable bonds is 6. The minimum Gasteiger partial charge on any atom is -0.273 e. The molecule has 0 unspecified atom stereocenters. The van der Waals surface area contributed by atoms with Gasteiger partial charge in [-0.2, -0.15) is 0 Å². The summed E-state index contributed by atoms with van der Waals surface area (Å²) in [6.45, 7) is 20.4. The van der Waals surface area contributed by atoms with Crippen LogP contribution in [0, 0.1) is 0 Å². The Morgan fingerprint density at radius 2 is 1.11 bits per heavy atom. The monoisotopic (exact) mass is 284 g/mol. The van der Waals surface area contributed by atoms with Gasteiger partial charge in [-0.05, 0) is 53.6 Å². The van der Waals surface area contributed by atoms with Crippen LogP contribution in [0.5, 0.6) is 0 Å². The summed E-state index contributed by atoms with van der Waals surface area (Å²) in [4.78, 5) is 0. The molecule has 0 aliphatic heterocycles. The molecule has 0 aromatic heterocycles. The molecule has 0 aromatic rings. The van der Waals surface area contributed by atoms with Crippen molar-refractivity contribution in [1.29, 1.82) is 0 Å². The predicted molar refractivity (Wildman–Crippen MR) is 87.3 cm³/mol. The molecular weight excluding hydrogens is 252 g/mol. The van der Waals surface area contributed by atoms with Crippen LogP contribution in [0.25, 0.3) is 0 Å². The van der Waals surface area contributed by atoms with Gasteiger partial charge in [0.15, 0.2) is 0 Å². The molecule has 0 rings (SSSR count). The number of nitrogens with two attached hydrogens (primary N) is 2. The van der Waals surface area contributed by atoms with Crippen molar-refractivity contribution in [2.45, 2.75) is 64.7 Å². The quantitative estimate of drug-likeness (QED) is 0.341. The van der Waals surface area contributed by atoms with Gasteiger partial charge in [-0.25, -0.2) is 9.35 Å². The normalized spacial score (nSPS) is 14.0. The summed E-state index contributed by atoms with van der Waals surface area (Å²) in [5, 5.41) is 0. The van der Waals surface area contributed by atoms with E-state index in [0.717, 1.165) is 12.1 Å². The van der Waals surface area contributed by atoms with Gasteiger partial charge in [0.05, 0.1) is 0 Å². The number of allylic oxidation sites excluding steroid dienone is 2. The fourth-order valence-electron chi connectivity index (χ4n) is 2.30. The van der Waals surface area contributed by atoms with E-state index in [9.17, 15) is 0 Å². The van der Waals surface area contributed by atoms with Gasteiger partial charge in [-0.1, -0.05) is 12.2 Å². The van der Waals surface area contributed by atoms with E-state index in [1.54, 1.807) is 0 Å². The molecule has 0 atom stereocenters. The maximum atomic E-state index is 6.48. The van der Waals surface area contributed by atoms with Gasteiger partial charge in [0.2, 0.25) is 8.40 Å². The van der Waals surface area contributed by atoms with Crippen molar-refractivity contribution in [3.05, 3.63) is 25.3 Å². The molecule has 0 heterocycles. The summed E-state index contributed by atoms with van der Waals surface area (Å²) < 4.78 is 3.93. The van der Waals surface area contributed by atoms with Crippen LogP contribution in [0.2, 0.25) is 12.1 Å². The zero-order chi connectivity index (χ0) is 15.5. The average Bonchev–Trinajstić information content (AvgIpc) is 2.24. The highest BCUT2D eigenvalue weighted by Crippen LogP contribution is 2.31. The smallest absolute Gasteiger partial charge is 0.242 e. The summed E-state index contributed by atoms with van der Waals surface area (Å²) in [7, 11) is -2.29. The molecule has 0 aliphatic carbocycles. The fraction of sp³-hybridized carbons (Fsp3) is 0.714. The third kappa shape index (κ3) is 4.26. The van der Waals surface area contributed by atoms with Crippen LogP contribution < -0.4 is 11.7 Å². The first-order chi connectivity index (χ1) is 8.43. The topological polar surface area (TPSA) is 58.5 Å². The summed E-state index contributed by atoms with van der Waals surface area (Å²) >= 11 is 0. The Kier molecular flexibility index (Phi) is 6.17. The molecule has 0 amide bonds. The Hall–Kier alpha value is -0.463. The third-order valence-electron chi connectivity index (χ3n) is 3.28. The minimum absolute atomic E-state index is 0.152. The Morgan fingerprint density at radius 1 is 0.842 bits per heavy atom. The first-order valence-corrected chi connectivity index (χ1v) is 9.06. The van der Waals surface area contributed by atoms with E-state index in [-0.39, 0.29) is 11.1 Å². The first kappa shape index (κ1) is 18.5. The zero-order valence-corrected chi connectivity index (χ0v) is 14.5. The lowest BCUT2D eigenvalue weighted by Gasteiger charge is -2.53. The maximum absolute atomic E-state index is 6.48. The van der Waals surface area contributed by atoms with Crippen molar-refractivity contribution < 1.29 is 0 Å². The maximum Gasteiger partial charge on any atom is 0.242 e.